The zero-order valence-corrected chi connectivity index (χ0v) is 16.5. The third-order valence-corrected chi connectivity index (χ3v) is 3.79. The molecule has 0 aliphatic heterocycles. The van der Waals surface area contributed by atoms with E-state index in [1.165, 1.54) is 0 Å². The first-order chi connectivity index (χ1) is 14.2. The SMILES string of the molecule is CC(NC(=O)C(CCC(N)=O)NC(=O)C(N)CC(=O)O)C(=O)NC(CC(=O)O)C(=O)O. The van der Waals surface area contributed by atoms with E-state index in [4.69, 9.17) is 26.8 Å². The fraction of sp³-hybridized carbons (Fsp3) is 0.562. The maximum absolute atomic E-state index is 12.4. The molecule has 0 aromatic heterocycles. The Hall–Kier alpha value is -3.75. The van der Waals surface area contributed by atoms with Crippen LogP contribution in [-0.2, 0) is 33.6 Å². The lowest BCUT2D eigenvalue weighted by Crippen LogP contribution is -2.56. The molecule has 4 unspecified atom stereocenters. The van der Waals surface area contributed by atoms with Gasteiger partial charge in [0.25, 0.3) is 0 Å². The first-order valence-electron chi connectivity index (χ1n) is 8.86. The summed E-state index contributed by atoms with van der Waals surface area (Å²) in [4.78, 5) is 79.8. The molecule has 0 aromatic carbocycles. The van der Waals surface area contributed by atoms with Gasteiger partial charge in [-0.05, 0) is 13.3 Å². The van der Waals surface area contributed by atoms with Crippen molar-refractivity contribution in [2.24, 2.45) is 11.5 Å². The van der Waals surface area contributed by atoms with E-state index in [1.54, 1.807) is 0 Å². The molecule has 4 atom stereocenters. The monoisotopic (exact) mass is 447 g/mol. The molecule has 0 heterocycles. The van der Waals surface area contributed by atoms with Gasteiger partial charge in [-0.3, -0.25) is 28.8 Å². The van der Waals surface area contributed by atoms with Crippen LogP contribution in [0.2, 0.25) is 0 Å². The Morgan fingerprint density at radius 2 is 1.29 bits per heavy atom. The lowest BCUT2D eigenvalue weighted by Gasteiger charge is -2.23. The summed E-state index contributed by atoms with van der Waals surface area (Å²) in [6, 6.07) is -6.01. The third-order valence-electron chi connectivity index (χ3n) is 3.79. The largest absolute Gasteiger partial charge is 0.481 e. The van der Waals surface area contributed by atoms with Crippen molar-refractivity contribution >= 4 is 41.5 Å². The van der Waals surface area contributed by atoms with Crippen molar-refractivity contribution in [1.82, 2.24) is 16.0 Å². The molecule has 174 valence electrons. The first-order valence-corrected chi connectivity index (χ1v) is 8.86. The van der Waals surface area contributed by atoms with Crippen molar-refractivity contribution in [3.63, 3.8) is 0 Å². The van der Waals surface area contributed by atoms with Gasteiger partial charge in [-0.2, -0.15) is 0 Å². The van der Waals surface area contributed by atoms with Gasteiger partial charge < -0.3 is 42.7 Å². The van der Waals surface area contributed by atoms with E-state index >= 15 is 0 Å². The first kappa shape index (κ1) is 27.2. The number of carbonyl (C=O) groups excluding carboxylic acids is 4. The second-order valence-corrected chi connectivity index (χ2v) is 6.50. The van der Waals surface area contributed by atoms with Crippen LogP contribution < -0.4 is 27.4 Å². The minimum atomic E-state index is -1.75. The Morgan fingerprint density at radius 1 is 0.774 bits per heavy atom. The Bertz CT molecular complexity index is 740. The molecule has 0 fully saturated rings. The van der Waals surface area contributed by atoms with E-state index in [9.17, 15) is 33.6 Å². The van der Waals surface area contributed by atoms with Gasteiger partial charge in [0, 0.05) is 6.42 Å². The molecule has 0 aliphatic carbocycles. The van der Waals surface area contributed by atoms with Crippen molar-refractivity contribution in [3.8, 4) is 0 Å². The predicted octanol–water partition coefficient (Wildman–Crippen LogP) is -3.91. The number of nitrogens with two attached hydrogens (primary N) is 2. The smallest absolute Gasteiger partial charge is 0.326 e. The Morgan fingerprint density at radius 3 is 1.74 bits per heavy atom. The van der Waals surface area contributed by atoms with Crippen LogP contribution >= 0.6 is 0 Å². The molecule has 0 bridgehead atoms. The maximum Gasteiger partial charge on any atom is 0.326 e. The van der Waals surface area contributed by atoms with Crippen LogP contribution in [0.4, 0.5) is 0 Å². The van der Waals surface area contributed by atoms with Crippen LogP contribution in [0, 0.1) is 0 Å². The van der Waals surface area contributed by atoms with E-state index in [0.717, 1.165) is 6.92 Å². The quantitative estimate of drug-likeness (QED) is 0.127. The highest BCUT2D eigenvalue weighted by atomic mass is 16.4. The highest BCUT2D eigenvalue weighted by Gasteiger charge is 2.29. The molecule has 0 saturated heterocycles. The van der Waals surface area contributed by atoms with E-state index in [1.807, 2.05) is 5.32 Å². The summed E-state index contributed by atoms with van der Waals surface area (Å²) < 4.78 is 0. The molecule has 15 heteroatoms. The zero-order valence-electron chi connectivity index (χ0n) is 16.5. The summed E-state index contributed by atoms with van der Waals surface area (Å²) in [5.41, 5.74) is 10.4. The second-order valence-electron chi connectivity index (χ2n) is 6.50. The van der Waals surface area contributed by atoms with Crippen LogP contribution in [0.25, 0.3) is 0 Å². The number of carboxylic acid groups (broad SMARTS) is 3. The highest BCUT2D eigenvalue weighted by molar-refractivity contribution is 5.95. The van der Waals surface area contributed by atoms with E-state index < -0.39 is 78.5 Å². The highest BCUT2D eigenvalue weighted by Crippen LogP contribution is 2.01. The summed E-state index contributed by atoms with van der Waals surface area (Å²) >= 11 is 0. The molecule has 10 N–H and O–H groups in total. The number of nitrogens with one attached hydrogen (secondary N) is 3. The number of aliphatic carboxylic acids is 3. The van der Waals surface area contributed by atoms with E-state index in [0.29, 0.717) is 0 Å². The summed E-state index contributed by atoms with van der Waals surface area (Å²) in [5, 5.41) is 32.6. The Labute approximate surface area is 175 Å². The van der Waals surface area contributed by atoms with Crippen LogP contribution in [0.1, 0.15) is 32.6 Å². The molecular formula is C16H25N5O10. The molecule has 0 spiro atoms. The van der Waals surface area contributed by atoms with Crippen LogP contribution in [-0.4, -0.2) is 81.0 Å². The average Bonchev–Trinajstić information content (AvgIpc) is 2.62. The van der Waals surface area contributed by atoms with E-state index in [-0.39, 0.29) is 12.8 Å². The molecule has 0 aromatic rings. The van der Waals surface area contributed by atoms with Crippen LogP contribution in [0.15, 0.2) is 0 Å². The van der Waals surface area contributed by atoms with Crippen molar-refractivity contribution < 1.29 is 48.9 Å². The number of hydrogen-bond acceptors (Lipinski definition) is 8. The molecule has 0 saturated carbocycles. The molecule has 15 nitrogen and oxygen atoms in total. The van der Waals surface area contributed by atoms with Gasteiger partial charge in [-0.1, -0.05) is 0 Å². The number of carboxylic acids is 3. The van der Waals surface area contributed by atoms with E-state index in [2.05, 4.69) is 10.6 Å². The summed E-state index contributed by atoms with van der Waals surface area (Å²) in [6.45, 7) is 1.16. The van der Waals surface area contributed by atoms with Gasteiger partial charge in [0.1, 0.15) is 18.1 Å². The molecule has 0 aliphatic rings. The maximum atomic E-state index is 12.4. The summed E-state index contributed by atoms with van der Waals surface area (Å²) in [7, 11) is 0. The minimum Gasteiger partial charge on any atom is -0.481 e. The van der Waals surface area contributed by atoms with Crippen LogP contribution in [0.3, 0.4) is 0 Å². The summed E-state index contributed by atoms with van der Waals surface area (Å²) in [6.07, 6.45) is -2.26. The normalized spacial score (nSPS) is 14.3. The number of carbonyl (C=O) groups is 7. The topological polar surface area (TPSA) is 268 Å². The van der Waals surface area contributed by atoms with Gasteiger partial charge in [0.15, 0.2) is 0 Å². The van der Waals surface area contributed by atoms with Crippen molar-refractivity contribution in [2.75, 3.05) is 0 Å². The Balaban J connectivity index is 5.16. The van der Waals surface area contributed by atoms with Gasteiger partial charge in [-0.15, -0.1) is 0 Å². The number of hydrogen-bond donors (Lipinski definition) is 8. The average molecular weight is 447 g/mol. The minimum absolute atomic E-state index is 0.294. The Kier molecular flexibility index (Phi) is 11.2. The van der Waals surface area contributed by atoms with Gasteiger partial charge >= 0.3 is 17.9 Å². The van der Waals surface area contributed by atoms with Crippen molar-refractivity contribution in [1.29, 1.82) is 0 Å². The molecule has 4 amide bonds. The standard InChI is InChI=1S/C16H25N5O10/c1-6(13(27)21-9(16(30)31)5-12(25)26)19-15(29)8(2-3-10(18)22)20-14(28)7(17)4-11(23)24/h6-9H,2-5,17H2,1H3,(H2,18,22)(H,19,29)(H,20,28)(H,21,27)(H,23,24)(H,25,26)(H,30,31). The lowest BCUT2D eigenvalue weighted by molar-refractivity contribution is -0.147. The number of amides is 4. The molecular weight excluding hydrogens is 422 g/mol. The summed E-state index contributed by atoms with van der Waals surface area (Å²) in [5.74, 6) is -8.23. The third kappa shape index (κ3) is 11.1. The fourth-order valence-corrected chi connectivity index (χ4v) is 2.17. The predicted molar refractivity (Wildman–Crippen MR) is 100 cm³/mol. The second kappa shape index (κ2) is 12.7. The molecule has 31 heavy (non-hydrogen) atoms. The fourth-order valence-electron chi connectivity index (χ4n) is 2.17. The van der Waals surface area contributed by atoms with Gasteiger partial charge in [0.05, 0.1) is 18.9 Å². The van der Waals surface area contributed by atoms with Crippen molar-refractivity contribution in [3.05, 3.63) is 0 Å². The number of rotatable bonds is 14. The van der Waals surface area contributed by atoms with Gasteiger partial charge in [0.2, 0.25) is 23.6 Å². The molecule has 0 rings (SSSR count). The zero-order chi connectivity index (χ0) is 24.3. The van der Waals surface area contributed by atoms with Crippen LogP contribution in [0.5, 0.6) is 0 Å². The lowest BCUT2D eigenvalue weighted by atomic mass is 10.1. The molecule has 0 radical (unpaired) electrons. The number of primary amides is 1. The van der Waals surface area contributed by atoms with Gasteiger partial charge in [-0.25, -0.2) is 4.79 Å². The van der Waals surface area contributed by atoms with Crippen molar-refractivity contribution in [2.45, 2.75) is 56.8 Å².